The molecule has 5 rings (SSSR count). The molecule has 7 nitrogen and oxygen atoms in total. The van der Waals surface area contributed by atoms with Gasteiger partial charge in [-0.25, -0.2) is 4.79 Å². The van der Waals surface area contributed by atoms with Crippen LogP contribution in [0.25, 0.3) is 11.1 Å². The Kier molecular flexibility index (Phi) is 8.36. The summed E-state index contributed by atoms with van der Waals surface area (Å²) in [5.74, 6) is -0.411. The van der Waals surface area contributed by atoms with Gasteiger partial charge in [0.05, 0.1) is 19.2 Å². The summed E-state index contributed by atoms with van der Waals surface area (Å²) in [6.07, 6.45) is 1.72. The molecule has 192 valence electrons. The summed E-state index contributed by atoms with van der Waals surface area (Å²) >= 11 is 0. The fourth-order valence-electron chi connectivity index (χ4n) is 4.86. The summed E-state index contributed by atoms with van der Waals surface area (Å²) in [6.45, 7) is 5.85. The molecule has 3 aromatic carbocycles. The van der Waals surface area contributed by atoms with E-state index in [0.717, 1.165) is 42.7 Å². The van der Waals surface area contributed by atoms with Crippen molar-refractivity contribution in [3.8, 4) is 11.1 Å². The van der Waals surface area contributed by atoms with Crippen molar-refractivity contribution in [2.75, 3.05) is 37.4 Å². The Morgan fingerprint density at radius 3 is 2.27 bits per heavy atom. The minimum absolute atomic E-state index is 0.0270. The molecule has 2 N–H and O–H groups in total. The number of ketones is 1. The molecular weight excluding hydrogens is 466 g/mol. The lowest BCUT2D eigenvalue weighted by Crippen LogP contribution is -2.42. The normalized spacial score (nSPS) is 14.6. The molecule has 1 fully saturated rings. The Morgan fingerprint density at radius 1 is 0.892 bits per heavy atom. The smallest absolute Gasteiger partial charge is 0.339 e. The average molecular weight is 500 g/mol. The molecule has 0 atom stereocenters. The Labute approximate surface area is 217 Å². The van der Waals surface area contributed by atoms with Crippen molar-refractivity contribution in [3.05, 3.63) is 83.4 Å². The third-order valence-electron chi connectivity index (χ3n) is 6.66. The zero-order valence-corrected chi connectivity index (χ0v) is 21.5. The highest BCUT2D eigenvalue weighted by atomic mass is 16.5. The Hall–Kier alpha value is -3.97. The summed E-state index contributed by atoms with van der Waals surface area (Å²) in [5.41, 5.74) is 5.13. The van der Waals surface area contributed by atoms with Crippen LogP contribution in [0.5, 0.6) is 0 Å². The van der Waals surface area contributed by atoms with Crippen LogP contribution in [0.1, 0.15) is 53.0 Å². The molecule has 1 heterocycles. The largest absolute Gasteiger partial charge is 0.465 e. The van der Waals surface area contributed by atoms with Crippen LogP contribution in [-0.2, 0) is 9.53 Å². The molecule has 0 spiro atoms. The van der Waals surface area contributed by atoms with Crippen LogP contribution in [0.2, 0.25) is 0 Å². The zero-order valence-electron chi connectivity index (χ0n) is 21.5. The van der Waals surface area contributed by atoms with E-state index < -0.39 is 0 Å². The molecule has 1 amide bonds. The highest BCUT2D eigenvalue weighted by molar-refractivity contribution is 6.22. The van der Waals surface area contributed by atoms with Crippen LogP contribution in [0.4, 0.5) is 11.4 Å². The van der Waals surface area contributed by atoms with E-state index >= 15 is 0 Å². The second kappa shape index (κ2) is 11.8. The van der Waals surface area contributed by atoms with Crippen molar-refractivity contribution in [2.24, 2.45) is 0 Å². The molecule has 1 saturated heterocycles. The van der Waals surface area contributed by atoms with Gasteiger partial charge in [0, 0.05) is 41.6 Å². The third-order valence-corrected chi connectivity index (χ3v) is 6.66. The summed E-state index contributed by atoms with van der Waals surface area (Å²) in [5, 5.41) is 6.44. The molecule has 1 aliphatic heterocycles. The van der Waals surface area contributed by atoms with E-state index in [2.05, 4.69) is 15.5 Å². The number of hydrogen-bond donors (Lipinski definition) is 2. The average Bonchev–Trinajstić information content (AvgIpc) is 3.22. The Balaban J connectivity index is 0.00000156. The molecule has 2 aliphatic rings. The highest BCUT2D eigenvalue weighted by Gasteiger charge is 2.27. The number of nitrogens with one attached hydrogen (secondary N) is 2. The van der Waals surface area contributed by atoms with E-state index in [1.54, 1.807) is 18.2 Å². The monoisotopic (exact) mass is 499 g/mol. The third kappa shape index (κ3) is 5.73. The number of likely N-dealkylation sites (tertiary alicyclic amines) is 1. The van der Waals surface area contributed by atoms with Gasteiger partial charge in [-0.05, 0) is 54.3 Å². The lowest BCUT2D eigenvalue weighted by molar-refractivity contribution is -0.117. The van der Waals surface area contributed by atoms with Crippen LogP contribution >= 0.6 is 0 Å². The number of amides is 1. The van der Waals surface area contributed by atoms with Crippen LogP contribution < -0.4 is 10.6 Å². The van der Waals surface area contributed by atoms with Crippen molar-refractivity contribution in [2.45, 2.75) is 32.7 Å². The molecule has 37 heavy (non-hydrogen) atoms. The molecule has 0 aromatic heterocycles. The molecule has 0 radical (unpaired) electrons. The summed E-state index contributed by atoms with van der Waals surface area (Å²) in [6, 6.07) is 20.6. The number of fused-ring (bicyclic) bond motifs is 3. The van der Waals surface area contributed by atoms with Gasteiger partial charge in [-0.2, -0.15) is 0 Å². The number of benzene rings is 3. The minimum Gasteiger partial charge on any atom is -0.465 e. The number of hydrogen-bond acceptors (Lipinski definition) is 6. The number of piperidine rings is 1. The predicted molar refractivity (Wildman–Crippen MR) is 146 cm³/mol. The maximum atomic E-state index is 12.7. The molecule has 0 saturated carbocycles. The van der Waals surface area contributed by atoms with Crippen molar-refractivity contribution in [3.63, 3.8) is 0 Å². The van der Waals surface area contributed by atoms with Crippen LogP contribution in [0, 0.1) is 0 Å². The van der Waals surface area contributed by atoms with Crippen molar-refractivity contribution >= 4 is 29.0 Å². The fraction of sp³-hybridized carbons (Fsp3) is 0.300. The van der Waals surface area contributed by atoms with Gasteiger partial charge >= 0.3 is 5.97 Å². The molecule has 3 aromatic rings. The molecule has 0 unspecified atom stereocenters. The number of anilines is 2. The second-order valence-electron chi connectivity index (χ2n) is 8.92. The van der Waals surface area contributed by atoms with E-state index in [-0.39, 0.29) is 23.7 Å². The van der Waals surface area contributed by atoms with Gasteiger partial charge in [-0.15, -0.1) is 0 Å². The molecule has 7 heteroatoms. The number of methoxy groups -OCH3 is 1. The quantitative estimate of drug-likeness (QED) is 0.354. The topological polar surface area (TPSA) is 87.7 Å². The van der Waals surface area contributed by atoms with Gasteiger partial charge in [0.2, 0.25) is 5.91 Å². The van der Waals surface area contributed by atoms with Gasteiger partial charge in [-0.1, -0.05) is 50.2 Å². The molecular formula is C30H33N3O4. The van der Waals surface area contributed by atoms with E-state index in [4.69, 9.17) is 4.74 Å². The maximum Gasteiger partial charge on any atom is 0.339 e. The first-order valence-corrected chi connectivity index (χ1v) is 12.8. The van der Waals surface area contributed by atoms with Crippen LogP contribution in [0.15, 0.2) is 66.7 Å². The lowest BCUT2D eigenvalue weighted by Gasteiger charge is -2.32. The lowest BCUT2D eigenvalue weighted by atomic mass is 10.0. The van der Waals surface area contributed by atoms with Gasteiger partial charge in [0.25, 0.3) is 0 Å². The predicted octanol–water partition coefficient (Wildman–Crippen LogP) is 5.23. The maximum absolute atomic E-state index is 12.7. The molecule has 0 bridgehead atoms. The van der Waals surface area contributed by atoms with Crippen LogP contribution in [-0.4, -0.2) is 55.3 Å². The number of nitrogens with zero attached hydrogens (tertiary/aromatic N) is 1. The van der Waals surface area contributed by atoms with Gasteiger partial charge < -0.3 is 15.4 Å². The van der Waals surface area contributed by atoms with Crippen LogP contribution in [0.3, 0.4) is 0 Å². The zero-order chi connectivity index (χ0) is 26.4. The highest BCUT2D eigenvalue weighted by Crippen LogP contribution is 2.37. The summed E-state index contributed by atoms with van der Waals surface area (Å²) < 4.78 is 4.87. The fourth-order valence-corrected chi connectivity index (χ4v) is 4.86. The summed E-state index contributed by atoms with van der Waals surface area (Å²) in [4.78, 5) is 39.4. The van der Waals surface area contributed by atoms with Crippen molar-refractivity contribution < 1.29 is 19.1 Å². The van der Waals surface area contributed by atoms with Crippen molar-refractivity contribution in [1.82, 2.24) is 4.90 Å². The number of carbonyl (C=O) groups excluding carboxylic acids is 3. The molecule has 1 aliphatic carbocycles. The van der Waals surface area contributed by atoms with Crippen molar-refractivity contribution in [1.29, 1.82) is 0 Å². The number of ether oxygens (including phenoxy) is 1. The first kappa shape index (κ1) is 26.1. The number of carbonyl (C=O) groups is 3. The second-order valence-corrected chi connectivity index (χ2v) is 8.92. The Morgan fingerprint density at radius 2 is 1.54 bits per heavy atom. The van der Waals surface area contributed by atoms with Gasteiger partial charge in [0.15, 0.2) is 5.78 Å². The van der Waals surface area contributed by atoms with E-state index in [0.29, 0.717) is 28.9 Å². The van der Waals surface area contributed by atoms with Gasteiger partial charge in [0.1, 0.15) is 0 Å². The first-order valence-electron chi connectivity index (χ1n) is 12.8. The Bertz CT molecular complexity index is 1300. The first-order chi connectivity index (χ1) is 18.0. The number of para-hydroxylation sites is 1. The SMILES string of the molecule is CC.COC(=O)c1ccccc1NC1CCN(CC(=O)Nc2ccc3c(c2)-c2ccccc2C3=O)CC1. The van der Waals surface area contributed by atoms with Gasteiger partial charge in [-0.3, -0.25) is 14.5 Å². The minimum atomic E-state index is -0.360. The van der Waals surface area contributed by atoms with E-state index in [1.807, 2.05) is 62.4 Å². The number of esters is 1. The standard InChI is InChI=1S/C28H27N3O4.C2H6/c1-35-28(34)23-8-4-5-9-25(23)29-18-12-14-31(15-13-18)17-26(32)30-19-10-11-22-24(16-19)20-6-2-3-7-21(20)27(22)33;1-2/h2-11,16,18,29H,12-15,17H2,1H3,(H,30,32);1-2H3. The summed E-state index contributed by atoms with van der Waals surface area (Å²) in [7, 11) is 1.38. The van der Waals surface area contributed by atoms with E-state index in [1.165, 1.54) is 7.11 Å². The van der Waals surface area contributed by atoms with E-state index in [9.17, 15) is 14.4 Å². The number of rotatable bonds is 6.